The largest absolute Gasteiger partial charge is 0.618 e. The maximum atomic E-state index is 12.7. The third-order valence-electron chi connectivity index (χ3n) is 9.77. The van der Waals surface area contributed by atoms with Crippen LogP contribution in [0.15, 0.2) is 48.5 Å². The van der Waals surface area contributed by atoms with E-state index in [0.717, 1.165) is 41.1 Å². The second kappa shape index (κ2) is 19.2. The molecule has 2 aliphatic heterocycles. The van der Waals surface area contributed by atoms with Gasteiger partial charge in [0.15, 0.2) is 0 Å². The fraction of sp³-hybridized carbons (Fsp3) is 0.467. The van der Waals surface area contributed by atoms with Crippen LogP contribution in [0.25, 0.3) is 22.1 Å². The third-order valence-corrected chi connectivity index (χ3v) is 9.77. The maximum absolute atomic E-state index is 12.7. The van der Waals surface area contributed by atoms with Crippen LogP contribution < -0.4 is 37.3 Å². The first kappa shape index (κ1) is 57.4. The van der Waals surface area contributed by atoms with Crippen LogP contribution in [-0.4, -0.2) is 82.9 Å². The first-order valence-electron chi connectivity index (χ1n) is 15.1. The quantitative estimate of drug-likeness (QED) is 0.0781. The van der Waals surface area contributed by atoms with Crippen LogP contribution in [0.1, 0.15) is 67.0 Å². The number of halogens is 2. The SMILES string of the molecule is Cn1c(C2=[N+]([O-])C(C)(C)C(C)(C)[N+]2=O)nc2ccccc21.Cn1c(C2=[N+]([O-])C(C)(C)C(C)(C)[N+]2=O)nc2ccccc21.O.O.[Ni].[O-][Cl+3]([O-])([O-])[O-].[O-][Cl+3]([O-])([O-])[O-].[OH3+].[OH3+]. The van der Waals surface area contributed by atoms with E-state index < -0.39 is 42.6 Å². The van der Waals surface area contributed by atoms with Crippen LogP contribution in [0.3, 0.4) is 0 Å². The second-order valence-corrected chi connectivity index (χ2v) is 15.3. The molecule has 0 radical (unpaired) electrons. The van der Waals surface area contributed by atoms with Crippen LogP contribution >= 0.6 is 0 Å². The Morgan fingerprint density at radius 2 is 0.754 bits per heavy atom. The fourth-order valence-corrected chi connectivity index (χ4v) is 5.27. The predicted molar refractivity (Wildman–Crippen MR) is 177 cm³/mol. The van der Waals surface area contributed by atoms with Crippen molar-refractivity contribution in [3.63, 3.8) is 0 Å². The van der Waals surface area contributed by atoms with E-state index in [1.807, 2.05) is 62.6 Å². The number of hydroxylamine groups is 2. The number of rotatable bonds is 2. The molecule has 0 aliphatic carbocycles. The molecule has 0 unspecified atom stereocenters. The topological polar surface area (TPSA) is 441 Å². The van der Waals surface area contributed by atoms with Crippen molar-refractivity contribution in [3.8, 4) is 0 Å². The zero-order valence-electron chi connectivity index (χ0n) is 32.3. The summed E-state index contributed by atoms with van der Waals surface area (Å²) in [6.07, 6.45) is 0. The van der Waals surface area contributed by atoms with Crippen molar-refractivity contribution in [2.75, 3.05) is 0 Å². The molecule has 27 heteroatoms. The Morgan fingerprint density at radius 1 is 0.526 bits per heavy atom. The third kappa shape index (κ3) is 11.2. The molecule has 0 bridgehead atoms. The minimum absolute atomic E-state index is 0. The van der Waals surface area contributed by atoms with Crippen molar-refractivity contribution in [1.29, 1.82) is 0 Å². The van der Waals surface area contributed by atoms with E-state index in [1.165, 1.54) is 0 Å². The average Bonchev–Trinajstić information content (AvgIpc) is 3.58. The molecule has 0 saturated carbocycles. The van der Waals surface area contributed by atoms with Gasteiger partial charge in [0.2, 0.25) is 11.1 Å². The Kier molecular flexibility index (Phi) is 19.4. The van der Waals surface area contributed by atoms with E-state index in [1.54, 1.807) is 64.5 Å². The molecule has 0 amide bonds. The van der Waals surface area contributed by atoms with Crippen LogP contribution in [0.2, 0.25) is 0 Å². The molecule has 6 rings (SSSR count). The number of hydrogen-bond acceptors (Lipinski definition) is 14. The van der Waals surface area contributed by atoms with Gasteiger partial charge in [0, 0.05) is 95.8 Å². The summed E-state index contributed by atoms with van der Waals surface area (Å²) < 4.78 is 74.7. The van der Waals surface area contributed by atoms with Crippen molar-refractivity contribution in [1.82, 2.24) is 19.1 Å². The van der Waals surface area contributed by atoms with Gasteiger partial charge in [-0.05, 0) is 24.3 Å². The van der Waals surface area contributed by atoms with Crippen LogP contribution in [0.4, 0.5) is 0 Å². The maximum Gasteiger partial charge on any atom is 0.541 e. The van der Waals surface area contributed by atoms with Crippen molar-refractivity contribution >= 4 is 33.7 Å². The van der Waals surface area contributed by atoms with Gasteiger partial charge in [-0.25, -0.2) is 47.2 Å². The van der Waals surface area contributed by atoms with Crippen molar-refractivity contribution in [2.24, 2.45) is 14.1 Å². The Labute approximate surface area is 339 Å². The predicted octanol–water partition coefficient (Wildman–Crippen LogP) is -8.65. The molecule has 2 aromatic heterocycles. The number of amidine groups is 2. The summed E-state index contributed by atoms with van der Waals surface area (Å²) >= 11 is 0. The molecule has 4 aromatic rings. The first-order chi connectivity index (χ1) is 23.4. The van der Waals surface area contributed by atoms with Gasteiger partial charge >= 0.3 is 11.7 Å². The van der Waals surface area contributed by atoms with Gasteiger partial charge in [-0.1, -0.05) is 24.3 Å². The van der Waals surface area contributed by atoms with Crippen LogP contribution in [0.5, 0.6) is 0 Å². The number of aromatic nitrogens is 4. The van der Waals surface area contributed by atoms with E-state index in [0.29, 0.717) is 11.6 Å². The summed E-state index contributed by atoms with van der Waals surface area (Å²) in [6, 6.07) is 15.2. The van der Waals surface area contributed by atoms with Crippen molar-refractivity contribution < 1.29 is 115 Å². The van der Waals surface area contributed by atoms with E-state index in [2.05, 4.69) is 9.97 Å². The van der Waals surface area contributed by atoms with Gasteiger partial charge in [-0.3, -0.25) is 0 Å². The molecule has 2 aromatic carbocycles. The van der Waals surface area contributed by atoms with Crippen LogP contribution in [0, 0.1) is 40.7 Å². The fourth-order valence-electron chi connectivity index (χ4n) is 5.27. The zero-order chi connectivity index (χ0) is 40.2. The van der Waals surface area contributed by atoms with Gasteiger partial charge in [0.25, 0.3) is 22.7 Å². The summed E-state index contributed by atoms with van der Waals surface area (Å²) in [6.45, 7) is 14.2. The van der Waals surface area contributed by atoms with Gasteiger partial charge in [0.1, 0.15) is 9.52 Å². The molecule has 0 saturated heterocycles. The Morgan fingerprint density at radius 3 is 0.947 bits per heavy atom. The number of hydrogen-bond donors (Lipinski definition) is 0. The molecule has 57 heavy (non-hydrogen) atoms. The average molecular weight is 906 g/mol. The molecule has 4 heterocycles. The molecular formula is C30H48Cl2N8NiO16+2. The summed E-state index contributed by atoms with van der Waals surface area (Å²) in [5.41, 5.74) is 0.00162. The smallest absolute Gasteiger partial charge is 0.541 e. The Hall–Kier alpha value is -3.89. The molecule has 24 nitrogen and oxygen atoms in total. The normalized spacial score (nSPS) is 17.2. The van der Waals surface area contributed by atoms with E-state index in [-0.39, 0.29) is 50.1 Å². The zero-order valence-corrected chi connectivity index (χ0v) is 34.8. The number of benzene rings is 2. The van der Waals surface area contributed by atoms with E-state index in [9.17, 15) is 20.2 Å². The molecule has 10 N–H and O–H groups in total. The first-order valence-corrected chi connectivity index (χ1v) is 17.6. The molecule has 0 atom stereocenters. The van der Waals surface area contributed by atoms with Gasteiger partial charge in [-0.2, -0.15) is 0 Å². The van der Waals surface area contributed by atoms with E-state index in [4.69, 9.17) is 37.3 Å². The summed E-state index contributed by atoms with van der Waals surface area (Å²) in [5, 5.41) is 25.3. The van der Waals surface area contributed by atoms with Crippen molar-refractivity contribution in [3.05, 3.63) is 80.4 Å². The number of fused-ring (bicyclic) bond motifs is 2. The van der Waals surface area contributed by atoms with E-state index >= 15 is 0 Å². The number of nitrogens with zero attached hydrogens (tertiary/aromatic N) is 8. The Bertz CT molecular complexity index is 1950. The molecule has 0 fully saturated rings. The van der Waals surface area contributed by atoms with Gasteiger partial charge in [-0.15, -0.1) is 30.0 Å². The van der Waals surface area contributed by atoms with Gasteiger partial charge < -0.3 is 41.5 Å². The summed E-state index contributed by atoms with van der Waals surface area (Å²) in [4.78, 5) is 34.3. The van der Waals surface area contributed by atoms with Crippen molar-refractivity contribution in [2.45, 2.75) is 77.5 Å². The molecular weight excluding hydrogens is 858 g/mol. The standard InChI is InChI=1S/2C15H19N4O2.2ClHO4.Ni.4H2O/c2*1-14(2)15(3,4)19(21)13(18(14)20)12-16-10-8-6-7-9-11(10)17(12)5;2*2-1(3,4)5;;;;;/h2*6-9H,1-5H3;2*(H,2,3,4,5);;4*1H2/q2*+1;;;;;;;. The number of imidazole rings is 2. The second-order valence-electron chi connectivity index (χ2n) is 13.8. The summed E-state index contributed by atoms with van der Waals surface area (Å²) in [7, 11) is -6.25. The van der Waals surface area contributed by atoms with Crippen LogP contribution in [-0.2, 0) is 41.5 Å². The number of nitroso groups, excluding NO2 is 2. The molecule has 0 spiro atoms. The molecule has 326 valence electrons. The summed E-state index contributed by atoms with van der Waals surface area (Å²) in [5.74, 6) is 0.951. The minimum Gasteiger partial charge on any atom is -0.618 e. The monoisotopic (exact) mass is 904 g/mol. The molecule has 2 aliphatic rings. The minimum atomic E-state index is -4.94. The number of para-hydroxylation sites is 4. The Balaban J connectivity index is -0.000000773. The van der Waals surface area contributed by atoms with Gasteiger partial charge in [0.05, 0.1) is 22.1 Å². The number of aryl methyl sites for hydroxylation is 2.